The number of nitrogens with one attached hydrogen (secondary N) is 1. The van der Waals surface area contributed by atoms with Gasteiger partial charge in [-0.05, 0) is 69.5 Å². The molecule has 1 N–H and O–H groups in total. The number of nitrogens with zero attached hydrogens (tertiary/aromatic N) is 4. The Labute approximate surface area is 174 Å². The molecule has 0 unspecified atom stereocenters. The second-order valence-corrected chi connectivity index (χ2v) is 7.51. The number of hydrogen-bond acceptors (Lipinski definition) is 4. The van der Waals surface area contributed by atoms with Gasteiger partial charge in [-0.15, -0.1) is 0 Å². The fourth-order valence-corrected chi connectivity index (χ4v) is 3.32. The van der Waals surface area contributed by atoms with E-state index in [1.165, 1.54) is 5.56 Å². The van der Waals surface area contributed by atoms with E-state index in [-0.39, 0.29) is 12.5 Å². The average molecular weight is 416 g/mol. The van der Waals surface area contributed by atoms with E-state index in [1.54, 1.807) is 28.9 Å². The first kappa shape index (κ1) is 20.3. The van der Waals surface area contributed by atoms with E-state index in [2.05, 4.69) is 10.4 Å². The topological polar surface area (TPSA) is 55.1 Å². The number of halogens is 1. The molecule has 2 aromatic carbocycles. The highest BCUT2D eigenvalue weighted by Crippen LogP contribution is 2.14. The smallest absolute Gasteiger partial charge is 0.238 e. The van der Waals surface area contributed by atoms with Gasteiger partial charge in [0, 0.05) is 16.4 Å². The predicted octanol–water partition coefficient (Wildman–Crippen LogP) is 4.20. The summed E-state index contributed by atoms with van der Waals surface area (Å²) in [5, 5.41) is 8.01. The molecule has 0 bridgehead atoms. The summed E-state index contributed by atoms with van der Waals surface area (Å²) < 4.78 is 4.24. The summed E-state index contributed by atoms with van der Waals surface area (Å²) in [6, 6.07) is 15.1. The van der Waals surface area contributed by atoms with Crippen LogP contribution in [0.2, 0.25) is 5.02 Å². The molecule has 3 rings (SSSR count). The summed E-state index contributed by atoms with van der Waals surface area (Å²) in [4.78, 5) is 14.1. The summed E-state index contributed by atoms with van der Waals surface area (Å²) in [5.41, 5.74) is 2.87. The summed E-state index contributed by atoms with van der Waals surface area (Å²) in [6.45, 7) is 4.58. The van der Waals surface area contributed by atoms with Crippen LogP contribution in [0.5, 0.6) is 0 Å². The van der Waals surface area contributed by atoms with Crippen LogP contribution in [-0.2, 0) is 11.5 Å². The summed E-state index contributed by atoms with van der Waals surface area (Å²) in [7, 11) is 1.85. The van der Waals surface area contributed by atoms with Crippen LogP contribution in [0.3, 0.4) is 0 Å². The summed E-state index contributed by atoms with van der Waals surface area (Å²) >= 11 is 11.5. The summed E-state index contributed by atoms with van der Waals surface area (Å²) in [5.74, 6) is 0.680. The molecule has 3 aromatic rings. The number of aryl methyl sites for hydroxylation is 2. The zero-order valence-corrected chi connectivity index (χ0v) is 17.6. The molecule has 8 heteroatoms. The zero-order chi connectivity index (χ0) is 20.3. The third-order valence-electron chi connectivity index (χ3n) is 4.21. The lowest BCUT2D eigenvalue weighted by atomic mass is 10.2. The maximum atomic E-state index is 12.3. The molecule has 0 saturated heterocycles. The minimum Gasteiger partial charge on any atom is -0.325 e. The Bertz CT molecular complexity index is 1020. The first-order chi connectivity index (χ1) is 13.3. The normalized spacial score (nSPS) is 11.0. The number of anilines is 1. The molecule has 0 aliphatic rings. The van der Waals surface area contributed by atoms with E-state index in [0.717, 1.165) is 11.5 Å². The Morgan fingerprint density at radius 1 is 1.14 bits per heavy atom. The van der Waals surface area contributed by atoms with E-state index in [0.29, 0.717) is 22.1 Å². The van der Waals surface area contributed by atoms with Gasteiger partial charge in [0.15, 0.2) is 0 Å². The second-order valence-electron chi connectivity index (χ2n) is 6.71. The number of likely N-dealkylation sites (N-methyl/N-ethyl adjacent to an activating group) is 1. The van der Waals surface area contributed by atoms with Crippen molar-refractivity contribution in [2.24, 2.45) is 0 Å². The Hall–Kier alpha value is -2.48. The van der Waals surface area contributed by atoms with Crippen molar-refractivity contribution in [1.82, 2.24) is 19.2 Å². The van der Waals surface area contributed by atoms with Crippen molar-refractivity contribution in [3.63, 3.8) is 0 Å². The first-order valence-corrected chi connectivity index (χ1v) is 9.59. The van der Waals surface area contributed by atoms with Crippen LogP contribution in [0.15, 0.2) is 48.5 Å². The quantitative estimate of drug-likeness (QED) is 0.613. The van der Waals surface area contributed by atoms with Crippen LogP contribution >= 0.6 is 23.8 Å². The van der Waals surface area contributed by atoms with Gasteiger partial charge in [-0.3, -0.25) is 14.3 Å². The van der Waals surface area contributed by atoms with Crippen molar-refractivity contribution in [2.45, 2.75) is 20.5 Å². The average Bonchev–Trinajstić information content (AvgIpc) is 2.91. The Morgan fingerprint density at radius 2 is 1.79 bits per heavy atom. The molecule has 0 atom stereocenters. The first-order valence-electron chi connectivity index (χ1n) is 8.81. The molecule has 146 valence electrons. The second kappa shape index (κ2) is 8.68. The Balaban J connectivity index is 1.67. The van der Waals surface area contributed by atoms with Gasteiger partial charge in [-0.1, -0.05) is 29.3 Å². The SMILES string of the molecule is Cc1ccc(-n2c(C)nn(CN(C)CC(=O)Nc3ccc(Cl)cc3)c2=S)cc1. The molecule has 1 aromatic heterocycles. The third kappa shape index (κ3) is 4.86. The van der Waals surface area contributed by atoms with Gasteiger partial charge in [-0.25, -0.2) is 4.68 Å². The molecule has 0 radical (unpaired) electrons. The monoisotopic (exact) mass is 415 g/mol. The highest BCUT2D eigenvalue weighted by molar-refractivity contribution is 7.71. The number of hydrogen-bond donors (Lipinski definition) is 1. The molecular weight excluding hydrogens is 394 g/mol. The molecule has 6 nitrogen and oxygen atoms in total. The van der Waals surface area contributed by atoms with E-state index in [4.69, 9.17) is 23.8 Å². The van der Waals surface area contributed by atoms with Crippen molar-refractivity contribution in [1.29, 1.82) is 0 Å². The lowest BCUT2D eigenvalue weighted by molar-refractivity contribution is -0.117. The molecule has 0 saturated carbocycles. The third-order valence-corrected chi connectivity index (χ3v) is 4.86. The van der Waals surface area contributed by atoms with Gasteiger partial charge in [0.2, 0.25) is 10.7 Å². The predicted molar refractivity (Wildman–Crippen MR) is 115 cm³/mol. The van der Waals surface area contributed by atoms with Gasteiger partial charge in [0.05, 0.1) is 13.2 Å². The van der Waals surface area contributed by atoms with Gasteiger partial charge in [0.1, 0.15) is 5.82 Å². The fraction of sp³-hybridized carbons (Fsp3) is 0.250. The van der Waals surface area contributed by atoms with E-state index in [1.807, 2.05) is 54.6 Å². The lowest BCUT2D eigenvalue weighted by Crippen LogP contribution is -2.32. The molecule has 1 heterocycles. The van der Waals surface area contributed by atoms with Crippen LogP contribution < -0.4 is 5.32 Å². The van der Waals surface area contributed by atoms with Crippen LogP contribution in [0.1, 0.15) is 11.4 Å². The van der Waals surface area contributed by atoms with Crippen LogP contribution in [0, 0.1) is 18.6 Å². The standard InChI is InChI=1S/C20H22ClN5OS/c1-14-4-10-18(11-5-14)26-15(2)23-25(20(26)28)13-24(3)12-19(27)22-17-8-6-16(21)7-9-17/h4-11H,12-13H2,1-3H3,(H,22,27). The van der Waals surface area contributed by atoms with Gasteiger partial charge < -0.3 is 5.32 Å². The molecule has 0 aliphatic carbocycles. The minimum atomic E-state index is -0.119. The van der Waals surface area contributed by atoms with E-state index in [9.17, 15) is 4.79 Å². The molecule has 1 amide bonds. The number of rotatable bonds is 6. The fourth-order valence-electron chi connectivity index (χ4n) is 2.86. The Kier molecular flexibility index (Phi) is 6.28. The van der Waals surface area contributed by atoms with Crippen molar-refractivity contribution >= 4 is 35.4 Å². The molecule has 28 heavy (non-hydrogen) atoms. The molecule has 0 aliphatic heterocycles. The number of aromatic nitrogens is 3. The van der Waals surface area contributed by atoms with Crippen molar-refractivity contribution < 1.29 is 4.79 Å². The van der Waals surface area contributed by atoms with Crippen LogP contribution in [0.25, 0.3) is 5.69 Å². The van der Waals surface area contributed by atoms with Gasteiger partial charge in [0.25, 0.3) is 0 Å². The van der Waals surface area contributed by atoms with Crippen molar-refractivity contribution in [3.05, 3.63) is 69.7 Å². The maximum Gasteiger partial charge on any atom is 0.238 e. The van der Waals surface area contributed by atoms with Crippen LogP contribution in [-0.4, -0.2) is 38.7 Å². The Morgan fingerprint density at radius 3 is 2.43 bits per heavy atom. The zero-order valence-electron chi connectivity index (χ0n) is 16.0. The lowest BCUT2D eigenvalue weighted by Gasteiger charge is -2.16. The van der Waals surface area contributed by atoms with Crippen molar-refractivity contribution in [2.75, 3.05) is 18.9 Å². The number of carbonyl (C=O) groups excluding carboxylic acids is 1. The van der Waals surface area contributed by atoms with Gasteiger partial charge >= 0.3 is 0 Å². The molecule has 0 fully saturated rings. The highest BCUT2D eigenvalue weighted by atomic mass is 35.5. The molecule has 0 spiro atoms. The van der Waals surface area contributed by atoms with Crippen molar-refractivity contribution in [3.8, 4) is 5.69 Å². The van der Waals surface area contributed by atoms with E-state index >= 15 is 0 Å². The number of benzene rings is 2. The number of carbonyl (C=O) groups is 1. The number of amides is 1. The van der Waals surface area contributed by atoms with Gasteiger partial charge in [-0.2, -0.15) is 5.10 Å². The highest BCUT2D eigenvalue weighted by Gasteiger charge is 2.12. The minimum absolute atomic E-state index is 0.119. The van der Waals surface area contributed by atoms with Crippen LogP contribution in [0.4, 0.5) is 5.69 Å². The maximum absolute atomic E-state index is 12.3. The van der Waals surface area contributed by atoms with E-state index < -0.39 is 0 Å². The molecular formula is C20H22ClN5OS. The summed E-state index contributed by atoms with van der Waals surface area (Å²) in [6.07, 6.45) is 0. The largest absolute Gasteiger partial charge is 0.325 e.